The van der Waals surface area contributed by atoms with Crippen LogP contribution in [0.2, 0.25) is 0 Å². The third kappa shape index (κ3) is 31.0. The van der Waals surface area contributed by atoms with Gasteiger partial charge in [0.2, 0.25) is 65.0 Å². The molecule has 0 aliphatic carbocycles. The Hall–Kier alpha value is -9.30. The Morgan fingerprint density at radius 3 is 1.76 bits per heavy atom. The number of primary amides is 1. The molecule has 0 aromatic heterocycles. The van der Waals surface area contributed by atoms with E-state index in [2.05, 4.69) is 54.8 Å². The van der Waals surface area contributed by atoms with Crippen molar-refractivity contribution in [2.45, 2.75) is 274 Å². The number of nitrogens with zero attached hydrogens (tertiary/aromatic N) is 1. The van der Waals surface area contributed by atoms with Gasteiger partial charge in [-0.1, -0.05) is 122 Å². The van der Waals surface area contributed by atoms with E-state index in [1.165, 1.54) is 87.6 Å². The number of aliphatic carboxylic acids is 2. The molecule has 0 radical (unpaired) electrons. The topological polar surface area (TPSA) is 513 Å². The molecule has 2 bridgehead atoms. The molecule has 32 nitrogen and oxygen atoms in total. The number of carboxylic acid groups (broad SMARTS) is 2. The van der Waals surface area contributed by atoms with Crippen molar-refractivity contribution in [3.8, 4) is 11.5 Å². The molecule has 3 aliphatic heterocycles. The van der Waals surface area contributed by atoms with Crippen LogP contribution in [-0.2, 0) is 80.0 Å². The number of benzene rings is 2. The number of amides is 11. The van der Waals surface area contributed by atoms with E-state index in [9.17, 15) is 92.7 Å². The number of carbonyl (C=O) groups excluding carboxylic acids is 12. The SMILES string of the molecule is CCCCCCCCCCCCCC(O)CC(=O)N[C@@H](CCC(=O)O)C(=O)N[C@H](CCCN)C(=O)N[C@H]1Cc2ccc(cc2)OC(=O)[C@H]([C@@H](C)CC)NC(=O)[C@@H](Cc2ccc(O)cc2)NC(=O)[C@H](CCC(N)=O)NC(=O)[C@@H]2CCCN2C(=O)[C@H](C)NC(=O)[C@H](CCC(=O)O)NC(=O)[C@@H]([C@H](C)O)NC1=O. The number of unbranched alkanes of at least 4 members (excludes halogenated alkanes) is 10. The lowest BCUT2D eigenvalue weighted by molar-refractivity contribution is -0.143. The number of esters is 1. The third-order valence-electron chi connectivity index (χ3n) is 18.4. The fourth-order valence-corrected chi connectivity index (χ4v) is 12.1. The van der Waals surface area contributed by atoms with E-state index in [1.807, 2.05) is 0 Å². The molecule has 0 spiro atoms. The average Bonchev–Trinajstić information content (AvgIpc) is 1.55. The van der Waals surface area contributed by atoms with Gasteiger partial charge in [-0.3, -0.25) is 62.3 Å². The van der Waals surface area contributed by atoms with Crippen LogP contribution in [0.4, 0.5) is 0 Å². The van der Waals surface area contributed by atoms with Gasteiger partial charge in [-0.2, -0.15) is 0 Å². The van der Waals surface area contributed by atoms with Crippen molar-refractivity contribution in [1.82, 2.24) is 52.8 Å². The van der Waals surface area contributed by atoms with Crippen LogP contribution in [0.3, 0.4) is 0 Å². The molecule has 2 aromatic carbocycles. The van der Waals surface area contributed by atoms with Gasteiger partial charge in [-0.25, -0.2) is 4.79 Å². The highest BCUT2D eigenvalue weighted by Crippen LogP contribution is 2.23. The molecule has 104 heavy (non-hydrogen) atoms. The van der Waals surface area contributed by atoms with Crippen LogP contribution in [0.5, 0.6) is 11.5 Å². The molecule has 1 unspecified atom stereocenters. The van der Waals surface area contributed by atoms with Gasteiger partial charge >= 0.3 is 17.9 Å². The number of hydrogen-bond donors (Lipinski definition) is 16. The lowest BCUT2D eigenvalue weighted by Crippen LogP contribution is -2.62. The second-order valence-corrected chi connectivity index (χ2v) is 27.1. The van der Waals surface area contributed by atoms with Crippen molar-refractivity contribution in [3.63, 3.8) is 0 Å². The number of nitrogens with two attached hydrogens (primary N) is 2. The molecule has 1 saturated heterocycles. The maximum atomic E-state index is 14.8. The van der Waals surface area contributed by atoms with E-state index in [4.69, 9.17) is 16.2 Å². The molecule has 11 amide bonds. The summed E-state index contributed by atoms with van der Waals surface area (Å²) in [4.78, 5) is 195. The van der Waals surface area contributed by atoms with Gasteiger partial charge in [0.25, 0.3) is 0 Å². The first kappa shape index (κ1) is 87.1. The number of hydrogen-bond acceptors (Lipinski definition) is 19. The molecular formula is C72H110N12O20. The second kappa shape index (κ2) is 45.7. The van der Waals surface area contributed by atoms with Crippen molar-refractivity contribution in [1.29, 1.82) is 0 Å². The summed E-state index contributed by atoms with van der Waals surface area (Å²) in [6, 6.07) is -4.87. The number of aliphatic hydroxyl groups is 2. The van der Waals surface area contributed by atoms with Crippen molar-refractivity contribution >= 4 is 82.9 Å². The number of aliphatic hydroxyl groups excluding tert-OH is 2. The summed E-state index contributed by atoms with van der Waals surface area (Å²) in [6.07, 6.45) is 5.34. The van der Waals surface area contributed by atoms with Crippen molar-refractivity contribution in [2.24, 2.45) is 17.4 Å². The fourth-order valence-electron chi connectivity index (χ4n) is 12.1. The number of phenolic OH excluding ortho intramolecular Hbond substituents is 1. The van der Waals surface area contributed by atoms with Crippen LogP contribution < -0.4 is 64.1 Å². The van der Waals surface area contributed by atoms with Crippen LogP contribution in [0.1, 0.15) is 200 Å². The highest BCUT2D eigenvalue weighted by molar-refractivity contribution is 5.99. The number of carboxylic acids is 2. The molecule has 0 saturated carbocycles. The minimum atomic E-state index is -1.98. The number of nitrogens with one attached hydrogen (secondary N) is 9. The quantitative estimate of drug-likeness (QED) is 0.0196. The number of rotatable bonds is 36. The largest absolute Gasteiger partial charge is 0.508 e. The first-order valence-electron chi connectivity index (χ1n) is 36.3. The van der Waals surface area contributed by atoms with E-state index in [0.717, 1.165) is 43.9 Å². The smallest absolute Gasteiger partial charge is 0.334 e. The van der Waals surface area contributed by atoms with E-state index in [0.29, 0.717) is 24.8 Å². The zero-order valence-corrected chi connectivity index (χ0v) is 60.4. The van der Waals surface area contributed by atoms with Crippen LogP contribution in [-0.4, -0.2) is 199 Å². The highest BCUT2D eigenvalue weighted by atomic mass is 16.5. The van der Waals surface area contributed by atoms with Crippen LogP contribution in [0.15, 0.2) is 48.5 Å². The summed E-state index contributed by atoms with van der Waals surface area (Å²) >= 11 is 0. The predicted molar refractivity (Wildman–Crippen MR) is 379 cm³/mol. The normalized spacial score (nSPS) is 21.9. The Labute approximate surface area is 606 Å². The van der Waals surface area contributed by atoms with Gasteiger partial charge < -0.3 is 94.5 Å². The molecule has 2 aromatic rings. The van der Waals surface area contributed by atoms with Crippen LogP contribution in [0.25, 0.3) is 0 Å². The van der Waals surface area contributed by atoms with Crippen LogP contribution >= 0.6 is 0 Å². The Balaban J connectivity index is 1.75. The predicted octanol–water partition coefficient (Wildman–Crippen LogP) is 1.08. The van der Waals surface area contributed by atoms with Gasteiger partial charge in [-0.05, 0) is 113 Å². The fraction of sp³-hybridized carbons (Fsp3) is 0.639. The Kier molecular flexibility index (Phi) is 38.3. The zero-order chi connectivity index (χ0) is 77.0. The minimum Gasteiger partial charge on any atom is -0.508 e. The number of fused-ring (bicyclic) bond motifs is 23. The van der Waals surface area contributed by atoms with Gasteiger partial charge in [0, 0.05) is 38.6 Å². The van der Waals surface area contributed by atoms with Crippen LogP contribution in [0, 0.1) is 5.92 Å². The Morgan fingerprint density at radius 2 is 1.17 bits per heavy atom. The van der Waals surface area contributed by atoms with Gasteiger partial charge in [0.1, 0.15) is 71.9 Å². The molecule has 1 fully saturated rings. The van der Waals surface area contributed by atoms with E-state index in [-0.39, 0.29) is 62.3 Å². The number of phenols is 1. The van der Waals surface area contributed by atoms with Crippen molar-refractivity contribution in [3.05, 3.63) is 59.7 Å². The number of carbonyl (C=O) groups is 14. The standard InChI is InChI=1S/C72H110N12O20/c1-6-8-9-10-11-12-13-14-15-16-17-20-48(87)41-58(89)76-51(32-35-59(90)91)65(96)77-50(21-18-37-73)64(95)80-55-40-46-25-29-49(30-26-46)104-72(103)61(42(3)7-2)82-67(98)54(39-45-23-27-47(86)28-24-45)81-66(97)52(31-34-57(74)88)78-69(100)56-22-19-38-84(56)71(102)43(4)75-63(94)53(33-36-60(92)93)79-70(101)62(44(5)85)83-68(55)99/h23-30,42-44,48,50-56,61-62,85-87H,6-22,31-41,73H2,1-5H3,(H2,74,88)(H,75,94)(H,76,89)(H,77,96)(H,78,100)(H,79,101)(H,80,95)(H,81,97)(H,82,98)(H,83,99)(H,90,91)(H,92,93)/t42-,43-,44-,48?,50+,51-,52-,53-,54+,55-,56-,61-,62+/m0/s1. The summed E-state index contributed by atoms with van der Waals surface area (Å²) in [5.41, 5.74) is 12.0. The minimum absolute atomic E-state index is 0.0222. The van der Waals surface area contributed by atoms with Gasteiger partial charge in [0.05, 0.1) is 18.6 Å². The molecule has 18 N–H and O–H groups in total. The monoisotopic (exact) mass is 1460 g/mol. The highest BCUT2D eigenvalue weighted by Gasteiger charge is 2.41. The molecule has 32 heteroatoms. The van der Waals surface area contributed by atoms with Crippen molar-refractivity contribution in [2.75, 3.05) is 13.1 Å². The molecule has 3 heterocycles. The van der Waals surface area contributed by atoms with Gasteiger partial charge in [-0.15, -0.1) is 0 Å². The maximum absolute atomic E-state index is 14.8. The average molecular weight is 1460 g/mol. The second-order valence-electron chi connectivity index (χ2n) is 27.1. The summed E-state index contributed by atoms with van der Waals surface area (Å²) < 4.78 is 5.82. The summed E-state index contributed by atoms with van der Waals surface area (Å²) in [6.45, 7) is 7.83. The van der Waals surface area contributed by atoms with E-state index >= 15 is 0 Å². The molecule has 13 atom stereocenters. The molecular weight excluding hydrogens is 1350 g/mol. The Morgan fingerprint density at radius 1 is 0.615 bits per heavy atom. The maximum Gasteiger partial charge on any atom is 0.334 e. The number of ether oxygens (including phenoxy) is 1. The third-order valence-corrected chi connectivity index (χ3v) is 18.4. The summed E-state index contributed by atoms with van der Waals surface area (Å²) in [5, 5.41) is 74.1. The lowest BCUT2D eigenvalue weighted by Gasteiger charge is -2.30. The first-order chi connectivity index (χ1) is 49.4. The summed E-state index contributed by atoms with van der Waals surface area (Å²) in [5.74, 6) is -15.4. The molecule has 3 aliphatic rings. The van der Waals surface area contributed by atoms with E-state index in [1.54, 1.807) is 13.8 Å². The summed E-state index contributed by atoms with van der Waals surface area (Å²) in [7, 11) is 0. The zero-order valence-electron chi connectivity index (χ0n) is 60.4. The number of aromatic hydroxyl groups is 1. The van der Waals surface area contributed by atoms with E-state index < -0.39 is 213 Å². The molecule has 578 valence electrons. The lowest BCUT2D eigenvalue weighted by atomic mass is 9.97. The van der Waals surface area contributed by atoms with Crippen molar-refractivity contribution < 1.29 is 97.4 Å². The molecule has 5 rings (SSSR count). The van der Waals surface area contributed by atoms with Gasteiger partial charge in [0.15, 0.2) is 0 Å². The Bertz CT molecular complexity index is 3190. The first-order valence-corrected chi connectivity index (χ1v) is 36.3.